The van der Waals surface area contributed by atoms with Gasteiger partial charge in [0.05, 0.1) is 11.3 Å². The average molecular weight is 340 g/mol. The molecule has 0 atom stereocenters. The molecule has 0 radical (unpaired) electrons. The summed E-state index contributed by atoms with van der Waals surface area (Å²) in [6.07, 6.45) is -4.98. The van der Waals surface area contributed by atoms with E-state index < -0.39 is 43.8 Å². The van der Waals surface area contributed by atoms with Crippen LogP contribution in [0.5, 0.6) is 0 Å². The Bertz CT molecular complexity index is 459. The lowest BCUT2D eigenvalue weighted by atomic mass is 10.2. The maximum absolute atomic E-state index is 12.9. The van der Waals surface area contributed by atoms with E-state index in [1.54, 1.807) is 0 Å². The summed E-state index contributed by atoms with van der Waals surface area (Å²) in [4.78, 5) is 10.3. The van der Waals surface area contributed by atoms with E-state index in [-0.39, 0.29) is 0 Å². The first-order chi connectivity index (χ1) is 8.50. The van der Waals surface area contributed by atoms with Crippen molar-refractivity contribution in [2.24, 2.45) is 0 Å². The summed E-state index contributed by atoms with van der Waals surface area (Å²) in [7, 11) is 0. The minimum Gasteiger partial charge on any atom is -0.255 e. The topological polar surface area (TPSA) is 20.3 Å². The second-order valence-corrected chi connectivity index (χ2v) is 5.91. The summed E-state index contributed by atoms with van der Waals surface area (Å²) in [6, 6.07) is 1.41. The van der Waals surface area contributed by atoms with Gasteiger partial charge in [0.15, 0.2) is 0 Å². The van der Waals surface area contributed by atoms with Crippen molar-refractivity contribution in [2.75, 3.05) is 4.31 Å². The van der Waals surface area contributed by atoms with E-state index in [1.807, 2.05) is 0 Å². The van der Waals surface area contributed by atoms with Gasteiger partial charge in [-0.15, -0.1) is 13.2 Å². The molecule has 0 N–H and O–H groups in total. The molecule has 0 aliphatic carbocycles. The number of nitrogens with zero attached hydrogens (tertiary/aromatic N) is 1. The maximum Gasteiger partial charge on any atom is 0.495 e. The lowest BCUT2D eigenvalue weighted by molar-refractivity contribution is -0.114. The van der Waals surface area contributed by atoms with Crippen molar-refractivity contribution in [3.8, 4) is 0 Å². The molecule has 0 aliphatic rings. The molecule has 0 saturated carbocycles. The van der Waals surface area contributed by atoms with E-state index in [2.05, 4.69) is 0 Å². The third-order valence-electron chi connectivity index (χ3n) is 1.75. The van der Waals surface area contributed by atoms with Gasteiger partial charge in [0.1, 0.15) is 0 Å². The largest absolute Gasteiger partial charge is 0.495 e. The fourth-order valence-corrected chi connectivity index (χ4v) is 2.03. The van der Waals surface area contributed by atoms with Crippen molar-refractivity contribution in [3.05, 3.63) is 29.8 Å². The van der Waals surface area contributed by atoms with Gasteiger partial charge in [-0.25, -0.2) is 4.31 Å². The normalized spacial score (nSPS) is 12.4. The highest BCUT2D eigenvalue weighted by Crippen LogP contribution is 2.45. The van der Waals surface area contributed by atoms with Crippen LogP contribution in [0.4, 0.5) is 27.6 Å². The Balaban J connectivity index is 3.08. The second-order valence-electron chi connectivity index (χ2n) is 3.12. The molecule has 19 heavy (non-hydrogen) atoms. The van der Waals surface area contributed by atoms with Gasteiger partial charge in [-0.3, -0.25) is 4.79 Å². The van der Waals surface area contributed by atoms with Crippen molar-refractivity contribution >= 4 is 46.9 Å². The third-order valence-corrected chi connectivity index (χ3v) is 2.98. The summed E-state index contributed by atoms with van der Waals surface area (Å²) in [5.41, 5.74) is -0.995. The Hall–Kier alpha value is -0.730. The Morgan fingerprint density at radius 1 is 1.11 bits per heavy atom. The molecule has 0 bridgehead atoms. The zero-order valence-corrected chi connectivity index (χ0v) is 11.0. The highest BCUT2D eigenvalue weighted by atomic mass is 35.5. The van der Waals surface area contributed by atoms with E-state index >= 15 is 0 Å². The molecule has 106 valence electrons. The Kier molecular flexibility index (Phi) is 4.91. The molecule has 0 spiro atoms. The van der Waals surface area contributed by atoms with E-state index in [1.165, 1.54) is 0 Å². The van der Waals surface area contributed by atoms with Crippen LogP contribution in [0.2, 0.25) is 0 Å². The number of rotatable bonds is 4. The molecular weight excluding hydrogens is 336 g/mol. The van der Waals surface area contributed by atoms with Crippen molar-refractivity contribution in [2.45, 2.75) is 10.2 Å². The van der Waals surface area contributed by atoms with Gasteiger partial charge < -0.3 is 0 Å². The van der Waals surface area contributed by atoms with Crippen molar-refractivity contribution in [1.82, 2.24) is 0 Å². The van der Waals surface area contributed by atoms with E-state index in [4.69, 9.17) is 23.2 Å². The number of hydrogen-bond acceptors (Lipinski definition) is 3. The van der Waals surface area contributed by atoms with Gasteiger partial charge in [-0.05, 0) is 24.3 Å². The van der Waals surface area contributed by atoms with E-state index in [0.717, 1.165) is 24.3 Å². The van der Waals surface area contributed by atoms with Crippen molar-refractivity contribution in [1.29, 1.82) is 0 Å². The van der Waals surface area contributed by atoms with Crippen LogP contribution in [0.1, 0.15) is 10.4 Å². The lowest BCUT2D eigenvalue weighted by Gasteiger charge is -2.27. The lowest BCUT2D eigenvalue weighted by Crippen LogP contribution is -2.34. The van der Waals surface area contributed by atoms with E-state index in [9.17, 15) is 26.7 Å². The first-order valence-corrected chi connectivity index (χ1v) is 5.96. The summed E-state index contributed by atoms with van der Waals surface area (Å²) in [6.45, 7) is 0. The minimum atomic E-state index is -4.98. The Labute approximate surface area is 118 Å². The molecule has 2 nitrogen and oxygen atoms in total. The monoisotopic (exact) mass is 339 g/mol. The molecule has 0 fully saturated rings. The standard InChI is InChI=1S/C9H4Cl2F5NOS/c10-8(11,13)19-17(9(14,15)16)6-3-1-5(2-4-6)7(12)18/h1-4H. The van der Waals surface area contributed by atoms with E-state index in [0.29, 0.717) is 0 Å². The zero-order chi connectivity index (χ0) is 14.8. The van der Waals surface area contributed by atoms with Crippen LogP contribution in [0.25, 0.3) is 0 Å². The van der Waals surface area contributed by atoms with Crippen LogP contribution in [-0.2, 0) is 0 Å². The molecule has 0 heterocycles. The summed E-state index contributed by atoms with van der Waals surface area (Å²) in [5, 5.41) is 0. The fourth-order valence-electron chi connectivity index (χ4n) is 1.08. The van der Waals surface area contributed by atoms with Gasteiger partial charge in [0.25, 0.3) is 0 Å². The number of carbonyl (C=O) groups excluding carboxylic acids is 1. The minimum absolute atomic E-state index is 0.431. The quantitative estimate of drug-likeness (QED) is 0.257. The third kappa shape index (κ3) is 5.04. The zero-order valence-electron chi connectivity index (χ0n) is 8.72. The van der Waals surface area contributed by atoms with Crippen molar-refractivity contribution < 1.29 is 26.7 Å². The smallest absolute Gasteiger partial charge is 0.255 e. The molecular formula is C9H4Cl2F5NOS. The first-order valence-electron chi connectivity index (χ1n) is 4.43. The number of halogens is 7. The summed E-state index contributed by atoms with van der Waals surface area (Å²) < 4.78 is 59.6. The maximum atomic E-state index is 12.9. The van der Waals surface area contributed by atoms with Crippen LogP contribution >= 0.6 is 35.1 Å². The second kappa shape index (κ2) is 5.72. The highest BCUT2D eigenvalue weighted by Gasteiger charge is 2.44. The predicted octanol–water partition coefficient (Wildman–Crippen LogP) is 4.83. The number of hydrogen-bond donors (Lipinski definition) is 0. The summed E-state index contributed by atoms with van der Waals surface area (Å²) >= 11 is 9.21. The number of anilines is 1. The molecule has 0 unspecified atom stereocenters. The molecule has 0 saturated heterocycles. The molecule has 0 aromatic heterocycles. The molecule has 0 amide bonds. The SMILES string of the molecule is O=C(F)c1ccc(N(SC(F)(Cl)Cl)C(F)(F)F)cc1. The van der Waals surface area contributed by atoms with Gasteiger partial charge in [0, 0.05) is 11.9 Å². The summed E-state index contributed by atoms with van der Waals surface area (Å²) in [5.74, 6) is 0. The number of carbonyl (C=O) groups is 1. The van der Waals surface area contributed by atoms with Crippen LogP contribution in [0.15, 0.2) is 24.3 Å². The molecule has 10 heteroatoms. The number of alkyl halides is 6. The molecule has 1 rings (SSSR count). The predicted molar refractivity (Wildman–Crippen MR) is 63.6 cm³/mol. The van der Waals surface area contributed by atoms with Gasteiger partial charge in [-0.2, -0.15) is 8.78 Å². The first kappa shape index (κ1) is 16.3. The molecule has 1 aromatic rings. The Morgan fingerprint density at radius 3 is 1.89 bits per heavy atom. The average Bonchev–Trinajstić information content (AvgIpc) is 2.23. The molecule has 1 aromatic carbocycles. The van der Waals surface area contributed by atoms with Crippen molar-refractivity contribution in [3.63, 3.8) is 0 Å². The number of benzene rings is 1. The van der Waals surface area contributed by atoms with Gasteiger partial charge in [0.2, 0.25) is 0 Å². The fraction of sp³-hybridized carbons (Fsp3) is 0.222. The van der Waals surface area contributed by atoms with Crippen LogP contribution in [0, 0.1) is 0 Å². The molecule has 0 aliphatic heterocycles. The Morgan fingerprint density at radius 2 is 1.58 bits per heavy atom. The van der Waals surface area contributed by atoms with Crippen LogP contribution < -0.4 is 4.31 Å². The van der Waals surface area contributed by atoms with Gasteiger partial charge >= 0.3 is 16.3 Å². The van der Waals surface area contributed by atoms with Crippen LogP contribution in [0.3, 0.4) is 0 Å². The van der Waals surface area contributed by atoms with Gasteiger partial charge in [-0.1, -0.05) is 23.2 Å². The highest BCUT2D eigenvalue weighted by molar-refractivity contribution is 8.04. The van der Waals surface area contributed by atoms with Crippen LogP contribution in [-0.4, -0.2) is 16.3 Å².